The van der Waals surface area contributed by atoms with Crippen molar-refractivity contribution in [3.63, 3.8) is 0 Å². The molecule has 0 unspecified atom stereocenters. The smallest absolute Gasteiger partial charge is 0.211 e. The third-order valence-corrected chi connectivity index (χ3v) is 4.59. The van der Waals surface area contributed by atoms with Crippen molar-refractivity contribution in [2.45, 2.75) is 6.92 Å². The fourth-order valence-corrected chi connectivity index (χ4v) is 3.18. The monoisotopic (exact) mass is 447 g/mol. The van der Waals surface area contributed by atoms with Crippen molar-refractivity contribution < 1.29 is 0 Å². The van der Waals surface area contributed by atoms with Crippen molar-refractivity contribution in [3.8, 4) is 11.3 Å². The second-order valence-corrected chi connectivity index (χ2v) is 7.11. The Kier molecular flexibility index (Phi) is 4.73. The highest BCUT2D eigenvalue weighted by Crippen LogP contribution is 2.33. The number of aromatic nitrogens is 1. The van der Waals surface area contributed by atoms with E-state index < -0.39 is 0 Å². The number of hydrogen-bond donors (Lipinski definition) is 3. The average Bonchev–Trinajstić information content (AvgIpc) is 2.91. The van der Waals surface area contributed by atoms with E-state index in [4.69, 9.17) is 11.5 Å². The number of nitrogens with zero attached hydrogens (tertiary/aromatic N) is 2. The van der Waals surface area contributed by atoms with Crippen LogP contribution in [0.15, 0.2) is 61.6 Å². The lowest BCUT2D eigenvalue weighted by atomic mass is 10.0. The summed E-state index contributed by atoms with van der Waals surface area (Å²) in [5.74, 6) is -0.0689. The van der Waals surface area contributed by atoms with Crippen LogP contribution in [0.3, 0.4) is 0 Å². The standard InChI is InChI=1S/C17H15Br2N5/c1-9(23-24-17(20)21)15-13-8-12(19)6-7-14(13)22-16(15)10-2-4-11(18)5-3-10/h2-8,22H,1H3,(H4,20,21,24)/b23-9-. The third kappa shape index (κ3) is 3.37. The summed E-state index contributed by atoms with van der Waals surface area (Å²) in [6, 6.07) is 14.2. The molecule has 2 aromatic carbocycles. The van der Waals surface area contributed by atoms with E-state index in [0.717, 1.165) is 42.4 Å². The van der Waals surface area contributed by atoms with E-state index in [1.807, 2.05) is 43.3 Å². The van der Waals surface area contributed by atoms with E-state index in [9.17, 15) is 0 Å². The van der Waals surface area contributed by atoms with E-state index in [1.165, 1.54) is 0 Å². The Bertz CT molecular complexity index is 951. The summed E-state index contributed by atoms with van der Waals surface area (Å²) in [5, 5.41) is 9.00. The number of H-pyrrole nitrogens is 1. The normalized spacial score (nSPS) is 11.7. The second-order valence-electron chi connectivity index (χ2n) is 5.28. The van der Waals surface area contributed by atoms with Crippen LogP contribution in [0.1, 0.15) is 12.5 Å². The zero-order valence-corrected chi connectivity index (χ0v) is 16.0. The Morgan fingerprint density at radius 2 is 1.62 bits per heavy atom. The third-order valence-electron chi connectivity index (χ3n) is 3.57. The highest BCUT2D eigenvalue weighted by atomic mass is 79.9. The van der Waals surface area contributed by atoms with Gasteiger partial charge in [-0.25, -0.2) is 0 Å². The lowest BCUT2D eigenvalue weighted by Crippen LogP contribution is -2.22. The van der Waals surface area contributed by atoms with Gasteiger partial charge < -0.3 is 16.5 Å². The molecule has 0 radical (unpaired) electrons. The molecule has 0 amide bonds. The quantitative estimate of drug-likeness (QED) is 0.315. The molecule has 1 heterocycles. The fraction of sp³-hybridized carbons (Fsp3) is 0.0588. The molecule has 122 valence electrons. The Hall–Kier alpha value is -2.12. The summed E-state index contributed by atoms with van der Waals surface area (Å²) < 4.78 is 2.02. The topological polar surface area (TPSA) is 92.5 Å². The highest BCUT2D eigenvalue weighted by molar-refractivity contribution is 9.10. The number of guanidine groups is 1. The maximum atomic E-state index is 5.40. The second kappa shape index (κ2) is 6.78. The summed E-state index contributed by atoms with van der Waals surface area (Å²) >= 11 is 6.99. The minimum atomic E-state index is -0.0689. The minimum Gasteiger partial charge on any atom is -0.369 e. The molecule has 0 saturated carbocycles. The number of aromatic amines is 1. The van der Waals surface area contributed by atoms with Crippen LogP contribution in [-0.2, 0) is 0 Å². The maximum absolute atomic E-state index is 5.40. The lowest BCUT2D eigenvalue weighted by molar-refractivity contribution is 1.20. The molecule has 0 saturated heterocycles. The largest absolute Gasteiger partial charge is 0.369 e. The summed E-state index contributed by atoms with van der Waals surface area (Å²) in [7, 11) is 0. The van der Waals surface area contributed by atoms with Gasteiger partial charge in [-0.1, -0.05) is 44.0 Å². The molecule has 0 fully saturated rings. The number of hydrogen-bond acceptors (Lipinski definition) is 2. The van der Waals surface area contributed by atoms with E-state index in [-0.39, 0.29) is 5.96 Å². The van der Waals surface area contributed by atoms with Crippen LogP contribution in [0, 0.1) is 0 Å². The SMILES string of the molecule is C/C(=N/N=C(N)N)c1c(-c2ccc(Br)cc2)[nH]c2ccc(Br)cc12. The number of halogens is 2. The van der Waals surface area contributed by atoms with Gasteiger partial charge in [0.2, 0.25) is 5.96 Å². The molecule has 0 bridgehead atoms. The number of fused-ring (bicyclic) bond motifs is 1. The fourth-order valence-electron chi connectivity index (χ4n) is 2.56. The molecule has 1 aromatic heterocycles. The van der Waals surface area contributed by atoms with Crippen molar-refractivity contribution in [2.24, 2.45) is 21.7 Å². The Morgan fingerprint density at radius 1 is 0.958 bits per heavy atom. The van der Waals surface area contributed by atoms with Crippen LogP contribution >= 0.6 is 31.9 Å². The molecule has 0 aliphatic rings. The highest BCUT2D eigenvalue weighted by Gasteiger charge is 2.16. The first-order valence-electron chi connectivity index (χ1n) is 7.16. The first-order chi connectivity index (χ1) is 11.5. The van der Waals surface area contributed by atoms with Gasteiger partial charge in [0.15, 0.2) is 0 Å². The number of benzene rings is 2. The van der Waals surface area contributed by atoms with Gasteiger partial charge in [-0.15, -0.1) is 5.10 Å². The lowest BCUT2D eigenvalue weighted by Gasteiger charge is -2.05. The number of nitrogens with one attached hydrogen (secondary N) is 1. The van der Waals surface area contributed by atoms with Crippen LogP contribution in [0.25, 0.3) is 22.2 Å². The van der Waals surface area contributed by atoms with Crippen molar-refractivity contribution in [1.82, 2.24) is 4.98 Å². The van der Waals surface area contributed by atoms with Crippen molar-refractivity contribution >= 4 is 54.4 Å². The number of nitrogens with two attached hydrogens (primary N) is 2. The van der Waals surface area contributed by atoms with Gasteiger partial charge in [-0.05, 0) is 42.8 Å². The Balaban J connectivity index is 2.28. The predicted octanol–water partition coefficient (Wildman–Crippen LogP) is 4.36. The van der Waals surface area contributed by atoms with Gasteiger partial charge >= 0.3 is 0 Å². The Labute approximate surface area is 156 Å². The van der Waals surface area contributed by atoms with Gasteiger partial charge in [0.05, 0.1) is 11.4 Å². The molecule has 24 heavy (non-hydrogen) atoms. The molecular weight excluding hydrogens is 434 g/mol. The molecule has 3 aromatic rings. The van der Waals surface area contributed by atoms with E-state index >= 15 is 0 Å². The molecule has 5 N–H and O–H groups in total. The van der Waals surface area contributed by atoms with Gasteiger partial charge in [-0.3, -0.25) is 0 Å². The summed E-state index contributed by atoms with van der Waals surface area (Å²) in [4.78, 5) is 3.47. The van der Waals surface area contributed by atoms with Gasteiger partial charge in [0.25, 0.3) is 0 Å². The van der Waals surface area contributed by atoms with E-state index in [1.54, 1.807) is 0 Å². The van der Waals surface area contributed by atoms with E-state index in [2.05, 4.69) is 53.1 Å². The molecule has 0 atom stereocenters. The van der Waals surface area contributed by atoms with Crippen molar-refractivity contribution in [2.75, 3.05) is 0 Å². The van der Waals surface area contributed by atoms with Gasteiger partial charge in [0.1, 0.15) is 0 Å². The van der Waals surface area contributed by atoms with Crippen LogP contribution in [0.5, 0.6) is 0 Å². The van der Waals surface area contributed by atoms with E-state index in [0.29, 0.717) is 0 Å². The molecule has 3 rings (SSSR count). The summed E-state index contributed by atoms with van der Waals surface area (Å²) in [6.07, 6.45) is 0. The maximum Gasteiger partial charge on any atom is 0.211 e. The molecule has 0 aliphatic carbocycles. The van der Waals surface area contributed by atoms with Crippen LogP contribution in [0.4, 0.5) is 0 Å². The van der Waals surface area contributed by atoms with Gasteiger partial charge in [-0.2, -0.15) is 5.10 Å². The molecule has 0 aliphatic heterocycles. The van der Waals surface area contributed by atoms with Crippen molar-refractivity contribution in [1.29, 1.82) is 0 Å². The van der Waals surface area contributed by atoms with Crippen LogP contribution in [0.2, 0.25) is 0 Å². The Morgan fingerprint density at radius 3 is 2.29 bits per heavy atom. The first-order valence-corrected chi connectivity index (χ1v) is 8.75. The molecule has 0 spiro atoms. The van der Waals surface area contributed by atoms with Crippen LogP contribution in [-0.4, -0.2) is 16.7 Å². The summed E-state index contributed by atoms with van der Waals surface area (Å²) in [5.41, 5.74) is 15.5. The average molecular weight is 449 g/mol. The number of rotatable bonds is 3. The molecule has 7 heteroatoms. The zero-order chi connectivity index (χ0) is 17.3. The van der Waals surface area contributed by atoms with Crippen molar-refractivity contribution in [3.05, 3.63) is 57.0 Å². The zero-order valence-electron chi connectivity index (χ0n) is 12.8. The summed E-state index contributed by atoms with van der Waals surface area (Å²) in [6.45, 7) is 1.89. The first kappa shape index (κ1) is 16.7. The molecular formula is C17H15Br2N5. The predicted molar refractivity (Wildman–Crippen MR) is 107 cm³/mol. The molecule has 5 nitrogen and oxygen atoms in total. The van der Waals surface area contributed by atoms with Crippen LogP contribution < -0.4 is 11.5 Å². The minimum absolute atomic E-state index is 0.0689. The van der Waals surface area contributed by atoms with Gasteiger partial charge in [0, 0.05) is 25.4 Å².